The second-order valence-electron chi connectivity index (χ2n) is 4.48. The number of hydrogen-bond acceptors (Lipinski definition) is 3. The summed E-state index contributed by atoms with van der Waals surface area (Å²) in [6, 6.07) is 8.12. The molecule has 2 atom stereocenters. The van der Waals surface area contributed by atoms with E-state index in [1.54, 1.807) is 0 Å². The lowest BCUT2D eigenvalue weighted by atomic mass is 9.90. The highest BCUT2D eigenvalue weighted by Crippen LogP contribution is 2.28. The van der Waals surface area contributed by atoms with Crippen molar-refractivity contribution >= 4 is 21.9 Å². The fraction of sp³-hybridized carbons (Fsp3) is 0.500. The van der Waals surface area contributed by atoms with Crippen molar-refractivity contribution in [3.05, 3.63) is 34.3 Å². The van der Waals surface area contributed by atoms with Crippen LogP contribution in [0, 0.1) is 0 Å². The number of hydrogen-bond donors (Lipinski definition) is 1. The van der Waals surface area contributed by atoms with Crippen molar-refractivity contribution in [3.8, 4) is 0 Å². The summed E-state index contributed by atoms with van der Waals surface area (Å²) in [5, 5.41) is 3.40. The molecule has 0 aliphatic carbocycles. The molecule has 1 N–H and O–H groups in total. The third-order valence-corrected chi connectivity index (χ3v) is 3.80. The van der Waals surface area contributed by atoms with Crippen molar-refractivity contribution < 1.29 is 9.53 Å². The molecule has 0 saturated carbocycles. The Morgan fingerprint density at radius 3 is 2.78 bits per heavy atom. The number of rotatable bonds is 4. The number of halogens is 1. The van der Waals surface area contributed by atoms with E-state index in [2.05, 4.69) is 21.2 Å². The fourth-order valence-corrected chi connectivity index (χ4v) is 2.70. The van der Waals surface area contributed by atoms with Crippen molar-refractivity contribution in [2.45, 2.75) is 31.7 Å². The molecule has 1 aliphatic heterocycles. The molecule has 1 aliphatic rings. The van der Waals surface area contributed by atoms with Gasteiger partial charge in [0.1, 0.15) is 0 Å². The average Bonchev–Trinajstić information content (AvgIpc) is 2.86. The Balaban J connectivity index is 2.22. The Kier molecular flexibility index (Phi) is 4.78. The SMILES string of the molecule is CCOC(=O)[C@@H](c1ccc(Br)cc1)[C@H]1CCCN1. The molecule has 98 valence electrons. The summed E-state index contributed by atoms with van der Waals surface area (Å²) in [5.74, 6) is -0.320. The molecule has 0 bridgehead atoms. The summed E-state index contributed by atoms with van der Waals surface area (Å²) >= 11 is 3.41. The molecule has 1 heterocycles. The zero-order valence-corrected chi connectivity index (χ0v) is 12.1. The smallest absolute Gasteiger partial charge is 0.315 e. The first-order valence-electron chi connectivity index (χ1n) is 6.38. The van der Waals surface area contributed by atoms with E-state index in [1.165, 1.54) is 0 Å². The van der Waals surface area contributed by atoms with E-state index in [-0.39, 0.29) is 17.9 Å². The number of carbonyl (C=O) groups excluding carboxylic acids is 1. The standard InChI is InChI=1S/C14H18BrNO2/c1-2-18-14(17)13(12-4-3-9-16-12)10-5-7-11(15)8-6-10/h5-8,12-13,16H,2-4,9H2,1H3/t12-,13+/m1/s1. The Morgan fingerprint density at radius 2 is 2.22 bits per heavy atom. The molecule has 0 aromatic heterocycles. The molecule has 2 rings (SSSR count). The van der Waals surface area contributed by atoms with Gasteiger partial charge in [-0.25, -0.2) is 0 Å². The normalized spacial score (nSPS) is 20.7. The highest BCUT2D eigenvalue weighted by Gasteiger charge is 2.32. The van der Waals surface area contributed by atoms with E-state index in [4.69, 9.17) is 4.74 Å². The molecular weight excluding hydrogens is 294 g/mol. The Bertz CT molecular complexity index is 399. The number of nitrogens with one attached hydrogen (secondary N) is 1. The molecule has 0 spiro atoms. The van der Waals surface area contributed by atoms with Gasteiger partial charge >= 0.3 is 5.97 Å². The first kappa shape index (κ1) is 13.6. The zero-order valence-electron chi connectivity index (χ0n) is 10.5. The first-order chi connectivity index (χ1) is 8.72. The second-order valence-corrected chi connectivity index (χ2v) is 5.40. The van der Waals surface area contributed by atoms with Crippen LogP contribution in [0.3, 0.4) is 0 Å². The van der Waals surface area contributed by atoms with E-state index in [1.807, 2.05) is 31.2 Å². The highest BCUT2D eigenvalue weighted by atomic mass is 79.9. The summed E-state index contributed by atoms with van der Waals surface area (Å²) in [6.07, 6.45) is 2.15. The number of carbonyl (C=O) groups is 1. The molecule has 1 aromatic rings. The van der Waals surface area contributed by atoms with Gasteiger partial charge in [0.2, 0.25) is 0 Å². The maximum atomic E-state index is 12.1. The van der Waals surface area contributed by atoms with Gasteiger partial charge in [-0.3, -0.25) is 4.79 Å². The van der Waals surface area contributed by atoms with E-state index in [0.717, 1.165) is 29.4 Å². The van der Waals surface area contributed by atoms with Gasteiger partial charge in [0, 0.05) is 10.5 Å². The maximum absolute atomic E-state index is 12.1. The predicted octanol–water partition coefficient (Wildman–Crippen LogP) is 2.85. The summed E-state index contributed by atoms with van der Waals surface area (Å²) in [5.41, 5.74) is 1.02. The van der Waals surface area contributed by atoms with Crippen LogP contribution in [0.4, 0.5) is 0 Å². The lowest BCUT2D eigenvalue weighted by molar-refractivity contribution is -0.145. The third kappa shape index (κ3) is 3.12. The molecular formula is C14H18BrNO2. The predicted molar refractivity (Wildman–Crippen MR) is 74.5 cm³/mol. The Hall–Kier alpha value is -0.870. The van der Waals surface area contributed by atoms with Crippen molar-refractivity contribution in [2.24, 2.45) is 0 Å². The summed E-state index contributed by atoms with van der Waals surface area (Å²) in [7, 11) is 0. The Morgan fingerprint density at radius 1 is 1.50 bits per heavy atom. The lowest BCUT2D eigenvalue weighted by Gasteiger charge is -2.22. The van der Waals surface area contributed by atoms with Crippen LogP contribution < -0.4 is 5.32 Å². The number of ether oxygens (including phenoxy) is 1. The number of esters is 1. The van der Waals surface area contributed by atoms with Crippen LogP contribution in [0.5, 0.6) is 0 Å². The van der Waals surface area contributed by atoms with Gasteiger partial charge in [0.05, 0.1) is 12.5 Å². The van der Waals surface area contributed by atoms with E-state index in [0.29, 0.717) is 6.61 Å². The van der Waals surface area contributed by atoms with Gasteiger partial charge in [-0.2, -0.15) is 0 Å². The maximum Gasteiger partial charge on any atom is 0.315 e. The van der Waals surface area contributed by atoms with Gasteiger partial charge in [0.15, 0.2) is 0 Å². The van der Waals surface area contributed by atoms with Crippen LogP contribution in [0.1, 0.15) is 31.2 Å². The lowest BCUT2D eigenvalue weighted by Crippen LogP contribution is -2.34. The van der Waals surface area contributed by atoms with Gasteiger partial charge in [0.25, 0.3) is 0 Å². The van der Waals surface area contributed by atoms with E-state index >= 15 is 0 Å². The van der Waals surface area contributed by atoms with Crippen molar-refractivity contribution in [1.82, 2.24) is 5.32 Å². The van der Waals surface area contributed by atoms with Gasteiger partial charge in [-0.1, -0.05) is 28.1 Å². The summed E-state index contributed by atoms with van der Waals surface area (Å²) in [4.78, 5) is 12.1. The van der Waals surface area contributed by atoms with Gasteiger partial charge < -0.3 is 10.1 Å². The van der Waals surface area contributed by atoms with Crippen LogP contribution in [0.25, 0.3) is 0 Å². The second kappa shape index (κ2) is 6.34. The zero-order chi connectivity index (χ0) is 13.0. The minimum absolute atomic E-state index is 0.126. The highest BCUT2D eigenvalue weighted by molar-refractivity contribution is 9.10. The summed E-state index contributed by atoms with van der Waals surface area (Å²) in [6.45, 7) is 3.26. The van der Waals surface area contributed by atoms with E-state index < -0.39 is 0 Å². The van der Waals surface area contributed by atoms with Gasteiger partial charge in [-0.05, 0) is 44.0 Å². The molecule has 1 fully saturated rings. The van der Waals surface area contributed by atoms with Crippen LogP contribution in [0.2, 0.25) is 0 Å². The summed E-state index contributed by atoms with van der Waals surface area (Å²) < 4.78 is 6.23. The number of benzene rings is 1. The third-order valence-electron chi connectivity index (χ3n) is 3.27. The minimum Gasteiger partial charge on any atom is -0.465 e. The van der Waals surface area contributed by atoms with Crippen LogP contribution in [-0.4, -0.2) is 25.2 Å². The van der Waals surface area contributed by atoms with E-state index in [9.17, 15) is 4.79 Å². The molecule has 18 heavy (non-hydrogen) atoms. The molecule has 3 nitrogen and oxygen atoms in total. The molecule has 4 heteroatoms. The quantitative estimate of drug-likeness (QED) is 0.869. The first-order valence-corrected chi connectivity index (χ1v) is 7.17. The van der Waals surface area contributed by atoms with Crippen molar-refractivity contribution in [1.29, 1.82) is 0 Å². The monoisotopic (exact) mass is 311 g/mol. The van der Waals surface area contributed by atoms with Crippen molar-refractivity contribution in [2.75, 3.05) is 13.2 Å². The largest absolute Gasteiger partial charge is 0.465 e. The average molecular weight is 312 g/mol. The van der Waals surface area contributed by atoms with Crippen LogP contribution in [-0.2, 0) is 9.53 Å². The molecule has 0 unspecified atom stereocenters. The topological polar surface area (TPSA) is 38.3 Å². The fourth-order valence-electron chi connectivity index (χ4n) is 2.43. The molecule has 1 saturated heterocycles. The van der Waals surface area contributed by atoms with Crippen LogP contribution in [0.15, 0.2) is 28.7 Å². The van der Waals surface area contributed by atoms with Crippen molar-refractivity contribution in [3.63, 3.8) is 0 Å². The van der Waals surface area contributed by atoms with Gasteiger partial charge in [-0.15, -0.1) is 0 Å². The minimum atomic E-state index is -0.194. The molecule has 0 radical (unpaired) electrons. The molecule has 0 amide bonds. The Labute approximate surface area is 116 Å². The van der Waals surface area contributed by atoms with Crippen LogP contribution >= 0.6 is 15.9 Å². The molecule has 1 aromatic carbocycles.